The molecule has 2 aromatic rings. The van der Waals surface area contributed by atoms with Crippen LogP contribution in [0.15, 0.2) is 23.6 Å². The van der Waals surface area contributed by atoms with E-state index in [4.69, 9.17) is 4.74 Å². The second-order valence-corrected chi connectivity index (χ2v) is 4.37. The zero-order chi connectivity index (χ0) is 11.5. The van der Waals surface area contributed by atoms with Crippen LogP contribution in [0.3, 0.4) is 0 Å². The maximum atomic E-state index is 13.8. The lowest BCUT2D eigenvalue weighted by Gasteiger charge is -2.01. The van der Waals surface area contributed by atoms with Crippen LogP contribution in [-0.4, -0.2) is 12.1 Å². The average Bonchev–Trinajstić information content (AvgIpc) is 2.71. The summed E-state index contributed by atoms with van der Waals surface area (Å²) in [4.78, 5) is 4.33. The maximum absolute atomic E-state index is 13.8. The standard InChI is InChI=1S/C12H12FNOS/c1-8-4-3-5-10(11(8)13)12-14-9(6-15-2)7-16-12/h3-5,7H,6H2,1-2H3. The van der Waals surface area contributed by atoms with Gasteiger partial charge in [-0.3, -0.25) is 0 Å². The SMILES string of the molecule is COCc1csc(-c2cccc(C)c2F)n1. The first-order chi connectivity index (χ1) is 7.72. The first-order valence-electron chi connectivity index (χ1n) is 4.91. The third-order valence-electron chi connectivity index (χ3n) is 2.27. The van der Waals surface area contributed by atoms with Crippen molar-refractivity contribution in [3.63, 3.8) is 0 Å². The molecule has 0 aliphatic heterocycles. The highest BCUT2D eigenvalue weighted by Crippen LogP contribution is 2.27. The molecule has 0 saturated carbocycles. The normalized spacial score (nSPS) is 10.7. The molecule has 2 nitrogen and oxygen atoms in total. The number of hydrogen-bond donors (Lipinski definition) is 0. The van der Waals surface area contributed by atoms with E-state index < -0.39 is 0 Å². The molecule has 0 atom stereocenters. The largest absolute Gasteiger partial charge is 0.378 e. The molecule has 1 heterocycles. The Bertz CT molecular complexity index is 496. The van der Waals surface area contributed by atoms with Crippen molar-refractivity contribution in [2.24, 2.45) is 0 Å². The molecular formula is C12H12FNOS. The number of nitrogens with zero attached hydrogens (tertiary/aromatic N) is 1. The van der Waals surface area contributed by atoms with Gasteiger partial charge in [-0.2, -0.15) is 0 Å². The number of methoxy groups -OCH3 is 1. The molecule has 0 saturated heterocycles. The number of hydrogen-bond acceptors (Lipinski definition) is 3. The van der Waals surface area contributed by atoms with Gasteiger partial charge in [0.1, 0.15) is 10.8 Å². The van der Waals surface area contributed by atoms with Gasteiger partial charge in [0.05, 0.1) is 12.3 Å². The predicted molar refractivity (Wildman–Crippen MR) is 63.0 cm³/mol. The highest BCUT2D eigenvalue weighted by atomic mass is 32.1. The molecule has 0 N–H and O–H groups in total. The Morgan fingerprint density at radius 1 is 1.44 bits per heavy atom. The minimum absolute atomic E-state index is 0.194. The monoisotopic (exact) mass is 237 g/mol. The molecule has 84 valence electrons. The van der Waals surface area contributed by atoms with Crippen LogP contribution in [0.1, 0.15) is 11.3 Å². The summed E-state index contributed by atoms with van der Waals surface area (Å²) in [6.07, 6.45) is 0. The topological polar surface area (TPSA) is 22.1 Å². The lowest BCUT2D eigenvalue weighted by atomic mass is 10.1. The van der Waals surface area contributed by atoms with Gasteiger partial charge in [0.15, 0.2) is 0 Å². The Morgan fingerprint density at radius 3 is 3.00 bits per heavy atom. The van der Waals surface area contributed by atoms with E-state index >= 15 is 0 Å². The minimum atomic E-state index is -0.194. The van der Waals surface area contributed by atoms with E-state index in [0.717, 1.165) is 5.69 Å². The van der Waals surface area contributed by atoms with Gasteiger partial charge in [0, 0.05) is 18.1 Å². The van der Waals surface area contributed by atoms with E-state index in [9.17, 15) is 4.39 Å². The van der Waals surface area contributed by atoms with E-state index in [1.54, 1.807) is 26.2 Å². The summed E-state index contributed by atoms with van der Waals surface area (Å²) >= 11 is 1.43. The number of benzene rings is 1. The molecule has 0 fully saturated rings. The van der Waals surface area contributed by atoms with Crippen molar-refractivity contribution in [1.29, 1.82) is 0 Å². The van der Waals surface area contributed by atoms with Crippen molar-refractivity contribution in [2.45, 2.75) is 13.5 Å². The van der Waals surface area contributed by atoms with Gasteiger partial charge >= 0.3 is 0 Å². The average molecular weight is 237 g/mol. The van der Waals surface area contributed by atoms with Crippen LogP contribution >= 0.6 is 11.3 Å². The molecule has 16 heavy (non-hydrogen) atoms. The number of rotatable bonds is 3. The Kier molecular flexibility index (Phi) is 3.31. The summed E-state index contributed by atoms with van der Waals surface area (Å²) in [6, 6.07) is 5.34. The fourth-order valence-corrected chi connectivity index (χ4v) is 2.28. The number of halogens is 1. The summed E-state index contributed by atoms with van der Waals surface area (Å²) in [7, 11) is 1.62. The van der Waals surface area contributed by atoms with Crippen LogP contribution in [0.4, 0.5) is 4.39 Å². The van der Waals surface area contributed by atoms with Gasteiger partial charge in [-0.05, 0) is 18.6 Å². The van der Waals surface area contributed by atoms with Gasteiger partial charge in [0.25, 0.3) is 0 Å². The van der Waals surface area contributed by atoms with Crippen molar-refractivity contribution < 1.29 is 9.13 Å². The molecule has 1 aromatic carbocycles. The fourth-order valence-electron chi connectivity index (χ4n) is 1.46. The third kappa shape index (κ3) is 2.13. The Morgan fingerprint density at radius 2 is 2.25 bits per heavy atom. The molecule has 0 bridgehead atoms. The Hall–Kier alpha value is -1.26. The summed E-state index contributed by atoms with van der Waals surface area (Å²) in [5.41, 5.74) is 2.04. The van der Waals surface area contributed by atoms with E-state index in [1.807, 2.05) is 11.4 Å². The third-order valence-corrected chi connectivity index (χ3v) is 3.19. The van der Waals surface area contributed by atoms with Crippen molar-refractivity contribution in [3.8, 4) is 10.6 Å². The van der Waals surface area contributed by atoms with Gasteiger partial charge < -0.3 is 4.74 Å². The Labute approximate surface area is 97.7 Å². The van der Waals surface area contributed by atoms with Crippen LogP contribution in [0.25, 0.3) is 10.6 Å². The fraction of sp³-hybridized carbons (Fsp3) is 0.250. The second-order valence-electron chi connectivity index (χ2n) is 3.51. The molecule has 0 unspecified atom stereocenters. The molecule has 4 heteroatoms. The highest BCUT2D eigenvalue weighted by molar-refractivity contribution is 7.13. The van der Waals surface area contributed by atoms with E-state index in [2.05, 4.69) is 4.98 Å². The van der Waals surface area contributed by atoms with Crippen LogP contribution in [0, 0.1) is 12.7 Å². The Balaban J connectivity index is 2.39. The zero-order valence-corrected chi connectivity index (χ0v) is 9.97. The van der Waals surface area contributed by atoms with Gasteiger partial charge in [-0.25, -0.2) is 9.37 Å². The quantitative estimate of drug-likeness (QED) is 0.816. The van der Waals surface area contributed by atoms with Crippen LogP contribution in [0.5, 0.6) is 0 Å². The lowest BCUT2D eigenvalue weighted by molar-refractivity contribution is 0.182. The minimum Gasteiger partial charge on any atom is -0.378 e. The maximum Gasteiger partial charge on any atom is 0.136 e. The first-order valence-corrected chi connectivity index (χ1v) is 5.79. The summed E-state index contributed by atoms with van der Waals surface area (Å²) in [6.45, 7) is 2.21. The van der Waals surface area contributed by atoms with Crippen molar-refractivity contribution >= 4 is 11.3 Å². The summed E-state index contributed by atoms with van der Waals surface area (Å²) in [5.74, 6) is -0.194. The number of thiazole rings is 1. The van der Waals surface area contributed by atoms with Gasteiger partial charge in [-0.1, -0.05) is 12.1 Å². The zero-order valence-electron chi connectivity index (χ0n) is 9.16. The molecule has 0 radical (unpaired) electrons. The molecule has 1 aromatic heterocycles. The van der Waals surface area contributed by atoms with Crippen LogP contribution in [-0.2, 0) is 11.3 Å². The van der Waals surface area contributed by atoms with Crippen molar-refractivity contribution in [3.05, 3.63) is 40.7 Å². The van der Waals surface area contributed by atoms with Crippen molar-refractivity contribution in [2.75, 3.05) is 7.11 Å². The molecule has 0 aliphatic rings. The van der Waals surface area contributed by atoms with Gasteiger partial charge in [-0.15, -0.1) is 11.3 Å². The van der Waals surface area contributed by atoms with Gasteiger partial charge in [0.2, 0.25) is 0 Å². The molecule has 0 spiro atoms. The lowest BCUT2D eigenvalue weighted by Crippen LogP contribution is -1.90. The van der Waals surface area contributed by atoms with E-state index in [-0.39, 0.29) is 5.82 Å². The van der Waals surface area contributed by atoms with E-state index in [1.165, 1.54) is 11.3 Å². The molecule has 0 amide bonds. The van der Waals surface area contributed by atoms with Crippen molar-refractivity contribution in [1.82, 2.24) is 4.98 Å². The number of aryl methyl sites for hydroxylation is 1. The van der Waals surface area contributed by atoms with Crippen LogP contribution in [0.2, 0.25) is 0 Å². The highest BCUT2D eigenvalue weighted by Gasteiger charge is 2.10. The smallest absolute Gasteiger partial charge is 0.136 e. The molecule has 2 rings (SSSR count). The van der Waals surface area contributed by atoms with Crippen LogP contribution < -0.4 is 0 Å². The first kappa shape index (κ1) is 11.2. The predicted octanol–water partition coefficient (Wildman–Crippen LogP) is 3.40. The number of ether oxygens (including phenoxy) is 1. The number of aromatic nitrogens is 1. The molecular weight excluding hydrogens is 225 g/mol. The second kappa shape index (κ2) is 4.72. The van der Waals surface area contributed by atoms with E-state index in [0.29, 0.717) is 22.7 Å². The summed E-state index contributed by atoms with van der Waals surface area (Å²) in [5, 5.41) is 2.59. The summed E-state index contributed by atoms with van der Waals surface area (Å²) < 4.78 is 18.8. The molecule has 0 aliphatic carbocycles.